The zero-order valence-corrected chi connectivity index (χ0v) is 14.8. The zero-order valence-electron chi connectivity index (χ0n) is 14.0. The molecule has 0 aliphatic heterocycles. The molecule has 0 atom stereocenters. The second-order valence-electron chi connectivity index (χ2n) is 6.01. The molecule has 0 unspecified atom stereocenters. The first-order valence-corrected chi connectivity index (χ1v) is 8.36. The number of carbonyl (C=O) groups is 1. The third-order valence-electron chi connectivity index (χ3n) is 3.81. The first-order chi connectivity index (χ1) is 11.3. The molecule has 2 heterocycles. The van der Waals surface area contributed by atoms with Crippen molar-refractivity contribution in [3.8, 4) is 0 Å². The van der Waals surface area contributed by atoms with Crippen LogP contribution in [0.3, 0.4) is 0 Å². The van der Waals surface area contributed by atoms with E-state index in [1.165, 1.54) is 11.3 Å². The second kappa shape index (κ2) is 6.21. The fraction of sp³-hybridized carbons (Fsp3) is 0.312. The molecule has 7 nitrogen and oxygen atoms in total. The lowest BCUT2D eigenvalue weighted by molar-refractivity contribution is 0.102. The highest BCUT2D eigenvalue weighted by Crippen LogP contribution is 2.27. The largest absolute Gasteiger partial charge is 0.323 e. The van der Waals surface area contributed by atoms with E-state index in [1.807, 2.05) is 38.9 Å². The number of aromatic nitrogens is 3. The number of rotatable bonds is 4. The minimum absolute atomic E-state index is 0.284. The number of hydrogen-bond donors (Lipinski definition) is 3. The van der Waals surface area contributed by atoms with Crippen LogP contribution in [0.1, 0.15) is 26.6 Å². The lowest BCUT2D eigenvalue weighted by atomic mass is 10.1. The number of nitrogens with one attached hydrogen (secondary N) is 3. The van der Waals surface area contributed by atoms with E-state index in [1.54, 1.807) is 5.38 Å². The molecule has 0 bridgehead atoms. The van der Waals surface area contributed by atoms with Crippen LogP contribution in [0.25, 0.3) is 11.0 Å². The maximum atomic E-state index is 12.5. The highest BCUT2D eigenvalue weighted by Gasteiger charge is 2.16. The molecule has 1 amide bonds. The van der Waals surface area contributed by atoms with E-state index in [4.69, 9.17) is 0 Å². The number of nitrogens with zero attached hydrogens (tertiary/aromatic N) is 2. The number of thiazole rings is 1. The van der Waals surface area contributed by atoms with Gasteiger partial charge in [-0.15, -0.1) is 11.3 Å². The number of carbonyl (C=O) groups excluding carboxylic acids is 1. The van der Waals surface area contributed by atoms with Crippen LogP contribution in [0.15, 0.2) is 16.2 Å². The van der Waals surface area contributed by atoms with Crippen molar-refractivity contribution in [3.05, 3.63) is 43.8 Å². The Labute approximate surface area is 142 Å². The Kier molecular flexibility index (Phi) is 4.25. The van der Waals surface area contributed by atoms with E-state index in [-0.39, 0.29) is 11.6 Å². The van der Waals surface area contributed by atoms with E-state index < -0.39 is 0 Å². The summed E-state index contributed by atoms with van der Waals surface area (Å²) < 4.78 is 0. The molecule has 0 aliphatic carbocycles. The molecule has 8 heteroatoms. The van der Waals surface area contributed by atoms with Crippen molar-refractivity contribution in [2.45, 2.75) is 20.4 Å². The number of anilines is 1. The summed E-state index contributed by atoms with van der Waals surface area (Å²) in [5.41, 5.74) is 3.85. The highest BCUT2D eigenvalue weighted by atomic mass is 32.1. The number of amides is 1. The molecule has 3 N–H and O–H groups in total. The van der Waals surface area contributed by atoms with E-state index in [9.17, 15) is 9.59 Å². The normalized spacial score (nSPS) is 11.4. The fourth-order valence-corrected chi connectivity index (χ4v) is 3.40. The van der Waals surface area contributed by atoms with Gasteiger partial charge in [-0.2, -0.15) is 0 Å². The molecule has 3 aromatic rings. The summed E-state index contributed by atoms with van der Waals surface area (Å²) in [4.78, 5) is 36.0. The van der Waals surface area contributed by atoms with Crippen LogP contribution < -0.4 is 11.0 Å². The monoisotopic (exact) mass is 345 g/mol. The number of H-pyrrole nitrogens is 2. The van der Waals surface area contributed by atoms with Gasteiger partial charge in [0.05, 0.1) is 16.7 Å². The summed E-state index contributed by atoms with van der Waals surface area (Å²) in [6.07, 6.45) is 0. The van der Waals surface area contributed by atoms with Crippen molar-refractivity contribution in [1.82, 2.24) is 19.9 Å². The summed E-state index contributed by atoms with van der Waals surface area (Å²) in [6, 6.07) is 1.89. The zero-order chi connectivity index (χ0) is 17.4. The summed E-state index contributed by atoms with van der Waals surface area (Å²) in [5.74, 6) is -0.284. The van der Waals surface area contributed by atoms with Crippen LogP contribution in [0.4, 0.5) is 5.69 Å². The number of benzene rings is 1. The van der Waals surface area contributed by atoms with Crippen LogP contribution in [-0.2, 0) is 6.54 Å². The minimum Gasteiger partial charge on any atom is -0.318 e. The van der Waals surface area contributed by atoms with Crippen molar-refractivity contribution in [2.24, 2.45) is 0 Å². The smallest absolute Gasteiger partial charge is 0.318 e. The van der Waals surface area contributed by atoms with E-state index in [0.717, 1.165) is 16.1 Å². The molecular weight excluding hydrogens is 326 g/mol. The first kappa shape index (κ1) is 16.4. The Balaban J connectivity index is 1.94. The Hall–Kier alpha value is -2.45. The molecule has 3 rings (SSSR count). The number of aryl methyl sites for hydroxylation is 1. The quantitative estimate of drug-likeness (QED) is 0.676. The molecule has 0 radical (unpaired) electrons. The van der Waals surface area contributed by atoms with Crippen LogP contribution >= 0.6 is 11.3 Å². The predicted octanol–water partition coefficient (Wildman–Crippen LogP) is 2.24. The maximum Gasteiger partial charge on any atom is 0.323 e. The standard InChI is InChI=1S/C16H19N5O2S/c1-8-5-10-14(20-16(23)18-10)13(9(8)2)19-15(22)11-7-24-12(17-11)6-21(3)4/h5,7H,6H2,1-4H3,(H,19,22)(H2,18,20,23). The Bertz CT molecular complexity index is 967. The lowest BCUT2D eigenvalue weighted by Crippen LogP contribution is -2.15. The van der Waals surface area contributed by atoms with Gasteiger partial charge in [0.1, 0.15) is 10.7 Å². The van der Waals surface area contributed by atoms with E-state index in [2.05, 4.69) is 20.3 Å². The van der Waals surface area contributed by atoms with Gasteiger partial charge in [-0.3, -0.25) is 4.79 Å². The molecule has 0 aliphatic rings. The molecule has 126 valence electrons. The van der Waals surface area contributed by atoms with E-state index in [0.29, 0.717) is 29.0 Å². The van der Waals surface area contributed by atoms with Gasteiger partial charge >= 0.3 is 5.69 Å². The fourth-order valence-electron chi connectivity index (χ4n) is 2.50. The summed E-state index contributed by atoms with van der Waals surface area (Å²) in [7, 11) is 3.91. The molecule has 0 fully saturated rings. The Morgan fingerprint density at radius 2 is 2.08 bits per heavy atom. The summed E-state index contributed by atoms with van der Waals surface area (Å²) >= 11 is 1.45. The molecule has 1 aromatic carbocycles. The number of aromatic amines is 2. The van der Waals surface area contributed by atoms with Crippen molar-refractivity contribution in [3.63, 3.8) is 0 Å². The number of fused-ring (bicyclic) bond motifs is 1. The average molecular weight is 345 g/mol. The van der Waals surface area contributed by atoms with Crippen LogP contribution in [0.2, 0.25) is 0 Å². The molecule has 0 saturated carbocycles. The highest BCUT2D eigenvalue weighted by molar-refractivity contribution is 7.09. The average Bonchev–Trinajstić information content (AvgIpc) is 3.09. The first-order valence-electron chi connectivity index (χ1n) is 7.48. The molecule has 2 aromatic heterocycles. The van der Waals surface area contributed by atoms with Crippen molar-refractivity contribution >= 4 is 34.0 Å². The van der Waals surface area contributed by atoms with Gasteiger partial charge in [0, 0.05) is 11.9 Å². The van der Waals surface area contributed by atoms with Crippen molar-refractivity contribution in [1.29, 1.82) is 0 Å². The Morgan fingerprint density at radius 3 is 2.79 bits per heavy atom. The van der Waals surface area contributed by atoms with Crippen molar-refractivity contribution in [2.75, 3.05) is 19.4 Å². The van der Waals surface area contributed by atoms with Crippen LogP contribution in [0.5, 0.6) is 0 Å². The SMILES string of the molecule is Cc1cc2[nH]c(=O)[nH]c2c(NC(=O)c2csc(CN(C)C)n2)c1C. The second-order valence-corrected chi connectivity index (χ2v) is 6.96. The van der Waals surface area contributed by atoms with Crippen LogP contribution in [-0.4, -0.2) is 39.9 Å². The molecule has 0 saturated heterocycles. The Morgan fingerprint density at radius 1 is 1.33 bits per heavy atom. The molecule has 0 spiro atoms. The van der Waals surface area contributed by atoms with Gasteiger partial charge in [0.25, 0.3) is 5.91 Å². The van der Waals surface area contributed by atoms with Gasteiger partial charge in [0.15, 0.2) is 0 Å². The predicted molar refractivity (Wildman–Crippen MR) is 95.9 cm³/mol. The van der Waals surface area contributed by atoms with Gasteiger partial charge in [0.2, 0.25) is 0 Å². The molecule has 24 heavy (non-hydrogen) atoms. The van der Waals surface area contributed by atoms with Gasteiger partial charge in [-0.1, -0.05) is 0 Å². The number of hydrogen-bond acceptors (Lipinski definition) is 5. The van der Waals surface area contributed by atoms with E-state index >= 15 is 0 Å². The van der Waals surface area contributed by atoms with Gasteiger partial charge in [-0.05, 0) is 45.1 Å². The lowest BCUT2D eigenvalue weighted by Gasteiger charge is -2.11. The topological polar surface area (TPSA) is 93.9 Å². The van der Waals surface area contributed by atoms with Gasteiger partial charge < -0.3 is 20.2 Å². The summed E-state index contributed by atoms with van der Waals surface area (Å²) in [5, 5.41) is 5.52. The number of imidazole rings is 1. The maximum absolute atomic E-state index is 12.5. The third kappa shape index (κ3) is 3.10. The summed E-state index contributed by atoms with van der Waals surface area (Å²) in [6.45, 7) is 4.54. The minimum atomic E-state index is -0.299. The van der Waals surface area contributed by atoms with Crippen LogP contribution in [0, 0.1) is 13.8 Å². The van der Waals surface area contributed by atoms with Crippen molar-refractivity contribution < 1.29 is 4.79 Å². The van der Waals surface area contributed by atoms with Gasteiger partial charge in [-0.25, -0.2) is 9.78 Å². The molecular formula is C16H19N5O2S. The third-order valence-corrected chi connectivity index (χ3v) is 4.64.